The Balaban J connectivity index is 4.95. The molecule has 0 fully saturated rings. The van der Waals surface area contributed by atoms with Crippen LogP contribution in [0.2, 0.25) is 0 Å². The van der Waals surface area contributed by atoms with E-state index >= 15 is 0 Å². The summed E-state index contributed by atoms with van der Waals surface area (Å²) in [6.45, 7) is 8.40. The average Bonchev–Trinajstić information content (AvgIpc) is 2.00. The van der Waals surface area contributed by atoms with E-state index in [1.165, 1.54) is 18.2 Å². The third-order valence-corrected chi connectivity index (χ3v) is 3.00. The molecule has 0 aromatic rings. The Morgan fingerprint density at radius 1 is 1.45 bits per heavy atom. The molecule has 0 N–H and O–H groups in total. The summed E-state index contributed by atoms with van der Waals surface area (Å²) in [5, 5.41) is 0. The van der Waals surface area contributed by atoms with Gasteiger partial charge in [-0.3, -0.25) is 0 Å². The van der Waals surface area contributed by atoms with E-state index in [2.05, 4.69) is 13.2 Å². The van der Waals surface area contributed by atoms with Crippen molar-refractivity contribution in [1.29, 1.82) is 0 Å². The molecule has 0 saturated heterocycles. The summed E-state index contributed by atoms with van der Waals surface area (Å²) in [4.78, 5) is 0.231. The summed E-state index contributed by atoms with van der Waals surface area (Å²) in [6.07, 6.45) is 4.19. The van der Waals surface area contributed by atoms with E-state index in [0.717, 1.165) is 0 Å². The molecule has 0 aliphatic rings. The largest absolute Gasteiger partial charge is 0.224 e. The van der Waals surface area contributed by atoms with Crippen LogP contribution in [0.3, 0.4) is 0 Å². The predicted molar refractivity (Wildman–Crippen MR) is 47.9 cm³/mol. The summed E-state index contributed by atoms with van der Waals surface area (Å²) in [7, 11) is -3.10. The topological polar surface area (TPSA) is 34.1 Å². The van der Waals surface area contributed by atoms with Crippen molar-refractivity contribution < 1.29 is 8.42 Å². The van der Waals surface area contributed by atoms with Crippen molar-refractivity contribution in [3.63, 3.8) is 0 Å². The van der Waals surface area contributed by atoms with E-state index in [4.69, 9.17) is 0 Å². The van der Waals surface area contributed by atoms with Gasteiger partial charge in [-0.15, -0.1) is 0 Å². The van der Waals surface area contributed by atoms with Crippen molar-refractivity contribution in [1.82, 2.24) is 0 Å². The zero-order valence-electron chi connectivity index (χ0n) is 6.58. The second-order valence-electron chi connectivity index (χ2n) is 1.91. The van der Waals surface area contributed by atoms with Crippen LogP contribution in [0, 0.1) is 0 Å². The van der Waals surface area contributed by atoms with E-state index in [-0.39, 0.29) is 10.7 Å². The lowest BCUT2D eigenvalue weighted by atomic mass is 10.5. The van der Waals surface area contributed by atoms with E-state index in [1.54, 1.807) is 6.92 Å². The Morgan fingerprint density at radius 2 is 2.00 bits per heavy atom. The van der Waals surface area contributed by atoms with Gasteiger partial charge >= 0.3 is 0 Å². The number of hydrogen-bond acceptors (Lipinski definition) is 2. The van der Waals surface area contributed by atoms with Crippen molar-refractivity contribution in [2.75, 3.05) is 5.75 Å². The molecule has 0 aromatic heterocycles. The van der Waals surface area contributed by atoms with Crippen LogP contribution in [-0.4, -0.2) is 14.2 Å². The molecule has 0 aliphatic carbocycles. The molecule has 0 heterocycles. The maximum atomic E-state index is 11.1. The molecule has 3 heteroatoms. The smallest absolute Gasteiger partial charge is 0.178 e. The van der Waals surface area contributed by atoms with Crippen LogP contribution < -0.4 is 0 Å². The standard InChI is InChI=1S/C8H12O2S/c1-4-7-8(5-2)11(9,10)6-3/h4-5,7H,1-2,6H2,3H3/b8-7+. The van der Waals surface area contributed by atoms with Crippen molar-refractivity contribution in [3.05, 3.63) is 36.3 Å². The van der Waals surface area contributed by atoms with Gasteiger partial charge in [-0.05, 0) is 6.08 Å². The minimum absolute atomic E-state index is 0.0959. The molecule has 2 nitrogen and oxygen atoms in total. The first-order valence-electron chi connectivity index (χ1n) is 3.26. The number of allylic oxidation sites excluding steroid dienone is 3. The molecule has 0 aromatic carbocycles. The van der Waals surface area contributed by atoms with Gasteiger partial charge < -0.3 is 0 Å². The van der Waals surface area contributed by atoms with Gasteiger partial charge in [0.15, 0.2) is 9.84 Å². The van der Waals surface area contributed by atoms with Gasteiger partial charge in [-0.25, -0.2) is 8.42 Å². The molecule has 0 rings (SSSR count). The van der Waals surface area contributed by atoms with Crippen LogP contribution >= 0.6 is 0 Å². The van der Waals surface area contributed by atoms with Gasteiger partial charge in [-0.1, -0.05) is 32.2 Å². The Bertz CT molecular complexity index is 270. The molecule has 0 radical (unpaired) electrons. The minimum atomic E-state index is -3.10. The highest BCUT2D eigenvalue weighted by molar-refractivity contribution is 7.95. The van der Waals surface area contributed by atoms with Crippen LogP contribution in [0.5, 0.6) is 0 Å². The van der Waals surface area contributed by atoms with Gasteiger partial charge in [0.25, 0.3) is 0 Å². The SMILES string of the molecule is C=C/C=C(\C=C)S(=O)(=O)CC. The number of sulfone groups is 1. The lowest BCUT2D eigenvalue weighted by Crippen LogP contribution is -2.04. The van der Waals surface area contributed by atoms with E-state index < -0.39 is 9.84 Å². The molecule has 0 atom stereocenters. The van der Waals surface area contributed by atoms with Gasteiger partial charge in [0, 0.05) is 0 Å². The molecule has 62 valence electrons. The first-order valence-corrected chi connectivity index (χ1v) is 4.91. The van der Waals surface area contributed by atoms with Crippen molar-refractivity contribution in [3.8, 4) is 0 Å². The molecular formula is C8H12O2S. The lowest BCUT2D eigenvalue weighted by molar-refractivity contribution is 0.604. The summed E-state index contributed by atoms with van der Waals surface area (Å²) in [5.41, 5.74) is 0. The van der Waals surface area contributed by atoms with Crippen LogP contribution in [-0.2, 0) is 9.84 Å². The van der Waals surface area contributed by atoms with Crippen LogP contribution in [0.1, 0.15) is 6.92 Å². The zero-order chi connectivity index (χ0) is 8.91. The molecule has 0 spiro atoms. The van der Waals surface area contributed by atoms with Gasteiger partial charge in [0.05, 0.1) is 10.7 Å². The van der Waals surface area contributed by atoms with Gasteiger partial charge in [0.1, 0.15) is 0 Å². The number of rotatable bonds is 4. The summed E-state index contributed by atoms with van der Waals surface area (Å²) in [6, 6.07) is 0. The highest BCUT2D eigenvalue weighted by Gasteiger charge is 2.09. The highest BCUT2D eigenvalue weighted by Crippen LogP contribution is 2.07. The fourth-order valence-corrected chi connectivity index (χ4v) is 1.47. The van der Waals surface area contributed by atoms with E-state index in [9.17, 15) is 8.42 Å². The first-order chi connectivity index (χ1) is 5.08. The van der Waals surface area contributed by atoms with E-state index in [1.807, 2.05) is 0 Å². The molecule has 11 heavy (non-hydrogen) atoms. The average molecular weight is 172 g/mol. The maximum Gasteiger partial charge on any atom is 0.178 e. The third kappa shape index (κ3) is 2.72. The minimum Gasteiger partial charge on any atom is -0.224 e. The fourth-order valence-electron chi connectivity index (χ4n) is 0.581. The Kier molecular flexibility index (Phi) is 3.82. The molecular weight excluding hydrogens is 160 g/mol. The van der Waals surface area contributed by atoms with Crippen LogP contribution in [0.15, 0.2) is 36.3 Å². The maximum absolute atomic E-state index is 11.1. The Hall–Kier alpha value is -0.830. The highest BCUT2D eigenvalue weighted by atomic mass is 32.2. The Morgan fingerprint density at radius 3 is 2.27 bits per heavy atom. The lowest BCUT2D eigenvalue weighted by Gasteiger charge is -1.98. The summed E-state index contributed by atoms with van der Waals surface area (Å²) >= 11 is 0. The van der Waals surface area contributed by atoms with Crippen molar-refractivity contribution >= 4 is 9.84 Å². The van der Waals surface area contributed by atoms with Crippen LogP contribution in [0.25, 0.3) is 0 Å². The fraction of sp³-hybridized carbons (Fsp3) is 0.250. The van der Waals surface area contributed by atoms with E-state index in [0.29, 0.717) is 0 Å². The normalized spacial score (nSPS) is 12.6. The molecule has 0 aliphatic heterocycles. The monoisotopic (exact) mass is 172 g/mol. The molecule has 0 amide bonds. The quantitative estimate of drug-likeness (QED) is 0.604. The van der Waals surface area contributed by atoms with Gasteiger partial charge in [-0.2, -0.15) is 0 Å². The zero-order valence-corrected chi connectivity index (χ0v) is 7.39. The third-order valence-electron chi connectivity index (χ3n) is 1.22. The second-order valence-corrected chi connectivity index (χ2v) is 4.19. The van der Waals surface area contributed by atoms with Gasteiger partial charge in [0.2, 0.25) is 0 Å². The van der Waals surface area contributed by atoms with Crippen molar-refractivity contribution in [2.45, 2.75) is 6.92 Å². The number of hydrogen-bond donors (Lipinski definition) is 0. The molecule has 0 unspecified atom stereocenters. The Labute approximate surface area is 67.9 Å². The predicted octanol–water partition coefficient (Wildman–Crippen LogP) is 1.68. The second kappa shape index (κ2) is 4.13. The first kappa shape index (κ1) is 10.2. The van der Waals surface area contributed by atoms with Crippen molar-refractivity contribution in [2.24, 2.45) is 0 Å². The van der Waals surface area contributed by atoms with Crippen LogP contribution in [0.4, 0.5) is 0 Å². The summed E-state index contributed by atoms with van der Waals surface area (Å²) in [5.74, 6) is 0.0959. The molecule has 0 bridgehead atoms. The summed E-state index contributed by atoms with van der Waals surface area (Å²) < 4.78 is 22.3. The molecule has 0 saturated carbocycles.